The van der Waals surface area contributed by atoms with Gasteiger partial charge in [-0.25, -0.2) is 0 Å². The molecule has 0 bridgehead atoms. The largest absolute Gasteiger partial charge is 0.379 e. The molecule has 0 amide bonds. The highest BCUT2D eigenvalue weighted by Gasteiger charge is 2.23. The van der Waals surface area contributed by atoms with Crippen LogP contribution >= 0.6 is 0 Å². The molecule has 0 N–H and O–H groups in total. The van der Waals surface area contributed by atoms with Gasteiger partial charge in [0.1, 0.15) is 6.07 Å². The zero-order valence-electron chi connectivity index (χ0n) is 8.55. The summed E-state index contributed by atoms with van der Waals surface area (Å²) in [6.07, 6.45) is 2.50. The first-order valence-corrected chi connectivity index (χ1v) is 4.85. The standard InChI is InChI=1S/C10H12N4O/c1-14(9-3-5-15-7-9)10-8(6-11)2-4-12-13-10/h2,4,9H,3,5,7H2,1H3. The molecule has 0 saturated carbocycles. The molecular formula is C10H12N4O. The number of aromatic nitrogens is 2. The van der Waals surface area contributed by atoms with Crippen LogP contribution in [0.4, 0.5) is 5.82 Å². The van der Waals surface area contributed by atoms with Crippen molar-refractivity contribution >= 4 is 5.82 Å². The average molecular weight is 204 g/mol. The van der Waals surface area contributed by atoms with E-state index in [1.165, 1.54) is 6.20 Å². The normalized spacial score (nSPS) is 19.9. The lowest BCUT2D eigenvalue weighted by molar-refractivity contribution is 0.193. The molecule has 0 radical (unpaired) electrons. The summed E-state index contributed by atoms with van der Waals surface area (Å²) in [5.74, 6) is 0.635. The summed E-state index contributed by atoms with van der Waals surface area (Å²) in [4.78, 5) is 1.97. The smallest absolute Gasteiger partial charge is 0.169 e. The Morgan fingerprint density at radius 3 is 3.20 bits per heavy atom. The molecule has 78 valence electrons. The number of likely N-dealkylation sites (N-methyl/N-ethyl adjacent to an activating group) is 1. The van der Waals surface area contributed by atoms with Crippen molar-refractivity contribution in [3.05, 3.63) is 17.8 Å². The Bertz CT molecular complexity index is 381. The lowest BCUT2D eigenvalue weighted by Crippen LogP contribution is -2.33. The van der Waals surface area contributed by atoms with Crippen molar-refractivity contribution in [1.29, 1.82) is 5.26 Å². The summed E-state index contributed by atoms with van der Waals surface area (Å²) in [6.45, 7) is 1.47. The topological polar surface area (TPSA) is 62.0 Å². The molecule has 1 aliphatic heterocycles. The Kier molecular flexibility index (Phi) is 2.79. The first kappa shape index (κ1) is 9.87. The molecule has 2 heterocycles. The third kappa shape index (κ3) is 1.90. The van der Waals surface area contributed by atoms with E-state index in [4.69, 9.17) is 10.00 Å². The summed E-state index contributed by atoms with van der Waals surface area (Å²) in [7, 11) is 1.92. The molecule has 0 aliphatic carbocycles. The van der Waals surface area contributed by atoms with Gasteiger partial charge in [0.05, 0.1) is 24.4 Å². The minimum Gasteiger partial charge on any atom is -0.379 e. The number of hydrogen-bond acceptors (Lipinski definition) is 5. The SMILES string of the molecule is CN(c1nnccc1C#N)C1CCOC1. The first-order valence-electron chi connectivity index (χ1n) is 4.85. The third-order valence-corrected chi connectivity index (χ3v) is 2.61. The van der Waals surface area contributed by atoms with Gasteiger partial charge in [-0.15, -0.1) is 5.10 Å². The van der Waals surface area contributed by atoms with Gasteiger partial charge in [0, 0.05) is 13.7 Å². The fraction of sp³-hybridized carbons (Fsp3) is 0.500. The van der Waals surface area contributed by atoms with E-state index < -0.39 is 0 Å². The molecule has 1 unspecified atom stereocenters. The number of rotatable bonds is 2. The van der Waals surface area contributed by atoms with Crippen LogP contribution in [0.1, 0.15) is 12.0 Å². The molecule has 15 heavy (non-hydrogen) atoms. The summed E-state index contributed by atoms with van der Waals surface area (Å²) in [5.41, 5.74) is 0.555. The number of nitriles is 1. The molecule has 5 heteroatoms. The van der Waals surface area contributed by atoms with E-state index in [0.717, 1.165) is 13.0 Å². The maximum absolute atomic E-state index is 8.93. The average Bonchev–Trinajstić information content (AvgIpc) is 2.81. The Morgan fingerprint density at radius 1 is 1.67 bits per heavy atom. The van der Waals surface area contributed by atoms with Gasteiger partial charge in [-0.1, -0.05) is 0 Å². The van der Waals surface area contributed by atoms with Gasteiger partial charge in [-0.05, 0) is 12.5 Å². The number of nitrogens with zero attached hydrogens (tertiary/aromatic N) is 4. The second-order valence-corrected chi connectivity index (χ2v) is 3.51. The van der Waals surface area contributed by atoms with Crippen molar-refractivity contribution in [2.24, 2.45) is 0 Å². The Balaban J connectivity index is 2.24. The molecule has 1 fully saturated rings. The quantitative estimate of drug-likeness (QED) is 0.705. The summed E-state index contributed by atoms with van der Waals surface area (Å²) in [5, 5.41) is 16.7. The van der Waals surface area contributed by atoms with Crippen molar-refractivity contribution in [2.75, 3.05) is 25.2 Å². The molecule has 0 aromatic carbocycles. The number of anilines is 1. The predicted octanol–water partition coefficient (Wildman–Crippen LogP) is 0.573. The first-order chi connectivity index (χ1) is 7.33. The highest BCUT2D eigenvalue weighted by Crippen LogP contribution is 2.20. The van der Waals surface area contributed by atoms with Crippen molar-refractivity contribution in [3.8, 4) is 6.07 Å². The summed E-state index contributed by atoms with van der Waals surface area (Å²) in [6, 6.07) is 4.09. The lowest BCUT2D eigenvalue weighted by atomic mass is 10.2. The number of ether oxygens (including phenoxy) is 1. The van der Waals surface area contributed by atoms with Gasteiger partial charge >= 0.3 is 0 Å². The fourth-order valence-corrected chi connectivity index (χ4v) is 1.67. The van der Waals surface area contributed by atoms with Crippen LogP contribution in [-0.2, 0) is 4.74 Å². The lowest BCUT2D eigenvalue weighted by Gasteiger charge is -2.24. The van der Waals surface area contributed by atoms with E-state index in [0.29, 0.717) is 24.0 Å². The van der Waals surface area contributed by atoms with E-state index in [1.54, 1.807) is 6.07 Å². The van der Waals surface area contributed by atoms with Crippen LogP contribution in [-0.4, -0.2) is 36.5 Å². The molecule has 5 nitrogen and oxygen atoms in total. The molecule has 1 aliphatic rings. The van der Waals surface area contributed by atoms with Crippen molar-refractivity contribution in [1.82, 2.24) is 10.2 Å². The fourth-order valence-electron chi connectivity index (χ4n) is 1.67. The van der Waals surface area contributed by atoms with E-state index in [9.17, 15) is 0 Å². The molecule has 1 atom stereocenters. The summed E-state index contributed by atoms with van der Waals surface area (Å²) >= 11 is 0. The van der Waals surface area contributed by atoms with Gasteiger partial charge in [-0.3, -0.25) is 0 Å². The zero-order chi connectivity index (χ0) is 10.7. The molecule has 1 saturated heterocycles. The van der Waals surface area contributed by atoms with Crippen LogP contribution in [0, 0.1) is 11.3 Å². The van der Waals surface area contributed by atoms with Gasteiger partial charge in [-0.2, -0.15) is 10.4 Å². The highest BCUT2D eigenvalue weighted by atomic mass is 16.5. The monoisotopic (exact) mass is 204 g/mol. The van der Waals surface area contributed by atoms with Crippen molar-refractivity contribution < 1.29 is 4.74 Å². The third-order valence-electron chi connectivity index (χ3n) is 2.61. The van der Waals surface area contributed by atoms with Gasteiger partial charge in [0.25, 0.3) is 0 Å². The van der Waals surface area contributed by atoms with Gasteiger partial charge in [0.2, 0.25) is 0 Å². The van der Waals surface area contributed by atoms with Crippen LogP contribution in [0.5, 0.6) is 0 Å². The second kappa shape index (κ2) is 4.24. The Morgan fingerprint density at radius 2 is 2.53 bits per heavy atom. The van der Waals surface area contributed by atoms with Crippen LogP contribution in [0.15, 0.2) is 12.3 Å². The highest BCUT2D eigenvalue weighted by molar-refractivity contribution is 5.52. The van der Waals surface area contributed by atoms with Crippen LogP contribution in [0.2, 0.25) is 0 Å². The maximum atomic E-state index is 8.93. The second-order valence-electron chi connectivity index (χ2n) is 3.51. The molecular weight excluding hydrogens is 192 g/mol. The zero-order valence-corrected chi connectivity index (χ0v) is 8.55. The molecule has 0 spiro atoms. The van der Waals surface area contributed by atoms with Gasteiger partial charge in [0.15, 0.2) is 5.82 Å². The summed E-state index contributed by atoms with van der Waals surface area (Å²) < 4.78 is 5.30. The van der Waals surface area contributed by atoms with Crippen molar-refractivity contribution in [3.63, 3.8) is 0 Å². The maximum Gasteiger partial charge on any atom is 0.169 e. The predicted molar refractivity (Wildman–Crippen MR) is 54.4 cm³/mol. The minimum atomic E-state index is 0.300. The van der Waals surface area contributed by atoms with Crippen LogP contribution in [0.25, 0.3) is 0 Å². The van der Waals surface area contributed by atoms with E-state index in [-0.39, 0.29) is 0 Å². The van der Waals surface area contributed by atoms with Crippen LogP contribution < -0.4 is 4.90 Å². The molecule has 2 rings (SSSR count). The van der Waals surface area contributed by atoms with E-state index in [1.807, 2.05) is 11.9 Å². The molecule has 1 aromatic heterocycles. The van der Waals surface area contributed by atoms with E-state index >= 15 is 0 Å². The Hall–Kier alpha value is -1.67. The van der Waals surface area contributed by atoms with Crippen LogP contribution in [0.3, 0.4) is 0 Å². The molecule has 1 aromatic rings. The van der Waals surface area contributed by atoms with E-state index in [2.05, 4.69) is 16.3 Å². The van der Waals surface area contributed by atoms with Crippen molar-refractivity contribution in [2.45, 2.75) is 12.5 Å². The minimum absolute atomic E-state index is 0.300. The van der Waals surface area contributed by atoms with Gasteiger partial charge < -0.3 is 9.64 Å². The Labute approximate surface area is 88.3 Å². The number of hydrogen-bond donors (Lipinski definition) is 0.